The van der Waals surface area contributed by atoms with Gasteiger partial charge in [0.15, 0.2) is 0 Å². The van der Waals surface area contributed by atoms with E-state index in [4.69, 9.17) is 4.74 Å². The predicted octanol–water partition coefficient (Wildman–Crippen LogP) is 1.43. The highest BCUT2D eigenvalue weighted by atomic mass is 16.6. The molecule has 2 aliphatic heterocycles. The SMILES string of the molecule is CN1CCC(N[C@@H]2CN(C(=O)OC(C)(C)C)C[C@H]2C#N)CC1. The second-order valence-electron chi connectivity index (χ2n) is 7.47. The molecule has 2 heterocycles. The second kappa shape index (κ2) is 6.84. The highest BCUT2D eigenvalue weighted by molar-refractivity contribution is 5.68. The second-order valence-corrected chi connectivity index (χ2v) is 7.47. The largest absolute Gasteiger partial charge is 0.444 e. The van der Waals surface area contributed by atoms with Gasteiger partial charge in [-0.05, 0) is 53.8 Å². The van der Waals surface area contributed by atoms with Crippen molar-refractivity contribution in [2.75, 3.05) is 33.2 Å². The Bertz CT molecular complexity index is 432. The van der Waals surface area contributed by atoms with Crippen molar-refractivity contribution in [1.82, 2.24) is 15.1 Å². The van der Waals surface area contributed by atoms with Crippen molar-refractivity contribution < 1.29 is 9.53 Å². The molecule has 2 saturated heterocycles. The highest BCUT2D eigenvalue weighted by Crippen LogP contribution is 2.21. The van der Waals surface area contributed by atoms with E-state index in [0.29, 0.717) is 19.1 Å². The van der Waals surface area contributed by atoms with Crippen LogP contribution in [0.5, 0.6) is 0 Å². The number of amides is 1. The molecule has 2 aliphatic rings. The summed E-state index contributed by atoms with van der Waals surface area (Å²) in [6.45, 7) is 8.75. The first-order chi connectivity index (χ1) is 10.3. The number of hydrogen-bond acceptors (Lipinski definition) is 5. The van der Waals surface area contributed by atoms with Crippen LogP contribution in [0.4, 0.5) is 4.79 Å². The van der Waals surface area contributed by atoms with Crippen molar-refractivity contribution in [3.05, 3.63) is 0 Å². The standard InChI is InChI=1S/C16H28N4O2/c1-16(2,3)22-15(21)20-10-12(9-17)14(11-20)18-13-5-7-19(4)8-6-13/h12-14,18H,5-8,10-11H2,1-4H3/t12-,14-/m1/s1. The third-order valence-corrected chi connectivity index (χ3v) is 4.31. The van der Waals surface area contributed by atoms with Crippen molar-refractivity contribution in [2.45, 2.75) is 51.3 Å². The van der Waals surface area contributed by atoms with Crippen LogP contribution in [0, 0.1) is 17.2 Å². The summed E-state index contributed by atoms with van der Waals surface area (Å²) in [5.41, 5.74) is -0.501. The quantitative estimate of drug-likeness (QED) is 0.836. The molecule has 0 radical (unpaired) electrons. The number of carbonyl (C=O) groups excluding carboxylic acids is 1. The van der Waals surface area contributed by atoms with Gasteiger partial charge in [0.1, 0.15) is 5.60 Å². The number of ether oxygens (including phenoxy) is 1. The number of piperidine rings is 1. The summed E-state index contributed by atoms with van der Waals surface area (Å²) >= 11 is 0. The van der Waals surface area contributed by atoms with Crippen LogP contribution in [0.3, 0.4) is 0 Å². The summed E-state index contributed by atoms with van der Waals surface area (Å²) in [7, 11) is 2.13. The molecule has 2 fully saturated rings. The van der Waals surface area contributed by atoms with E-state index in [1.54, 1.807) is 4.90 Å². The van der Waals surface area contributed by atoms with E-state index in [0.717, 1.165) is 25.9 Å². The van der Waals surface area contributed by atoms with Crippen LogP contribution < -0.4 is 5.32 Å². The maximum Gasteiger partial charge on any atom is 0.410 e. The van der Waals surface area contributed by atoms with Gasteiger partial charge < -0.3 is 19.9 Å². The lowest BCUT2D eigenvalue weighted by molar-refractivity contribution is 0.0287. The Morgan fingerprint density at radius 1 is 1.27 bits per heavy atom. The summed E-state index contributed by atoms with van der Waals surface area (Å²) in [4.78, 5) is 16.1. The van der Waals surface area contributed by atoms with Gasteiger partial charge in [0.2, 0.25) is 0 Å². The topological polar surface area (TPSA) is 68.6 Å². The molecule has 6 nitrogen and oxygen atoms in total. The first kappa shape index (κ1) is 17.0. The number of likely N-dealkylation sites (tertiary alicyclic amines) is 2. The number of nitriles is 1. The van der Waals surface area contributed by atoms with Crippen LogP contribution in [-0.2, 0) is 4.74 Å². The van der Waals surface area contributed by atoms with E-state index >= 15 is 0 Å². The van der Waals surface area contributed by atoms with Gasteiger partial charge in [-0.15, -0.1) is 0 Å². The van der Waals surface area contributed by atoms with Gasteiger partial charge in [0, 0.05) is 25.2 Å². The Balaban J connectivity index is 1.89. The van der Waals surface area contributed by atoms with Crippen molar-refractivity contribution in [2.24, 2.45) is 5.92 Å². The molecule has 124 valence electrons. The number of rotatable bonds is 2. The normalized spacial score (nSPS) is 27.7. The molecule has 1 amide bonds. The Hall–Kier alpha value is -1.32. The molecule has 22 heavy (non-hydrogen) atoms. The van der Waals surface area contributed by atoms with E-state index in [1.807, 2.05) is 20.8 Å². The molecule has 0 aromatic carbocycles. The molecule has 0 unspecified atom stereocenters. The zero-order valence-electron chi connectivity index (χ0n) is 14.1. The molecule has 0 bridgehead atoms. The van der Waals surface area contributed by atoms with Gasteiger partial charge in [0.25, 0.3) is 0 Å². The molecule has 0 aromatic heterocycles. The monoisotopic (exact) mass is 308 g/mol. The van der Waals surface area contributed by atoms with E-state index in [2.05, 4.69) is 23.3 Å². The van der Waals surface area contributed by atoms with Crippen LogP contribution in [0.1, 0.15) is 33.6 Å². The van der Waals surface area contributed by atoms with Gasteiger partial charge in [-0.2, -0.15) is 5.26 Å². The Labute approximate surface area is 133 Å². The van der Waals surface area contributed by atoms with Crippen LogP contribution >= 0.6 is 0 Å². The summed E-state index contributed by atoms with van der Waals surface area (Å²) in [6, 6.07) is 2.83. The summed E-state index contributed by atoms with van der Waals surface area (Å²) in [5, 5.41) is 13.0. The van der Waals surface area contributed by atoms with Gasteiger partial charge in [0.05, 0.1) is 12.0 Å². The third-order valence-electron chi connectivity index (χ3n) is 4.31. The highest BCUT2D eigenvalue weighted by Gasteiger charge is 2.38. The molecule has 0 saturated carbocycles. The molecule has 1 N–H and O–H groups in total. The summed E-state index contributed by atoms with van der Waals surface area (Å²) < 4.78 is 5.41. The fraction of sp³-hybridized carbons (Fsp3) is 0.875. The number of carbonyl (C=O) groups is 1. The maximum atomic E-state index is 12.2. The van der Waals surface area contributed by atoms with Crippen LogP contribution in [-0.4, -0.2) is 66.8 Å². The van der Waals surface area contributed by atoms with Crippen molar-refractivity contribution in [3.8, 4) is 6.07 Å². The number of hydrogen-bond donors (Lipinski definition) is 1. The first-order valence-electron chi connectivity index (χ1n) is 8.10. The smallest absolute Gasteiger partial charge is 0.410 e. The summed E-state index contributed by atoms with van der Waals surface area (Å²) in [5.74, 6) is -0.160. The lowest BCUT2D eigenvalue weighted by Crippen LogP contribution is -2.48. The minimum atomic E-state index is -0.501. The lowest BCUT2D eigenvalue weighted by atomic mass is 10.0. The zero-order chi connectivity index (χ0) is 16.3. The van der Waals surface area contributed by atoms with E-state index in [1.165, 1.54) is 0 Å². The van der Waals surface area contributed by atoms with Gasteiger partial charge in [-0.25, -0.2) is 4.79 Å². The van der Waals surface area contributed by atoms with E-state index in [9.17, 15) is 10.1 Å². The average molecular weight is 308 g/mol. The molecular weight excluding hydrogens is 280 g/mol. The molecule has 0 aliphatic carbocycles. The predicted molar refractivity (Wildman–Crippen MR) is 84.4 cm³/mol. The van der Waals surface area contributed by atoms with Crippen molar-refractivity contribution in [1.29, 1.82) is 5.26 Å². The number of nitrogens with one attached hydrogen (secondary N) is 1. The van der Waals surface area contributed by atoms with E-state index < -0.39 is 5.60 Å². The molecule has 0 spiro atoms. The first-order valence-corrected chi connectivity index (χ1v) is 8.10. The third kappa shape index (κ3) is 4.59. The fourth-order valence-electron chi connectivity index (χ4n) is 3.06. The molecular formula is C16H28N4O2. The van der Waals surface area contributed by atoms with Crippen molar-refractivity contribution >= 4 is 6.09 Å². The van der Waals surface area contributed by atoms with Crippen LogP contribution in [0.15, 0.2) is 0 Å². The van der Waals surface area contributed by atoms with Crippen LogP contribution in [0.25, 0.3) is 0 Å². The molecule has 2 rings (SSSR count). The Morgan fingerprint density at radius 3 is 2.45 bits per heavy atom. The zero-order valence-corrected chi connectivity index (χ0v) is 14.1. The molecule has 2 atom stereocenters. The van der Waals surface area contributed by atoms with Crippen molar-refractivity contribution in [3.63, 3.8) is 0 Å². The molecule has 0 aromatic rings. The Morgan fingerprint density at radius 2 is 1.91 bits per heavy atom. The Kier molecular flexibility index (Phi) is 5.30. The summed E-state index contributed by atoms with van der Waals surface area (Å²) in [6.07, 6.45) is 1.87. The average Bonchev–Trinajstić information content (AvgIpc) is 2.83. The minimum absolute atomic E-state index is 0.0472. The van der Waals surface area contributed by atoms with Gasteiger partial charge in [-0.1, -0.05) is 0 Å². The number of nitrogens with zero attached hydrogens (tertiary/aromatic N) is 3. The maximum absolute atomic E-state index is 12.2. The van der Waals surface area contributed by atoms with Crippen LogP contribution in [0.2, 0.25) is 0 Å². The lowest BCUT2D eigenvalue weighted by Gasteiger charge is -2.32. The van der Waals surface area contributed by atoms with E-state index in [-0.39, 0.29) is 18.1 Å². The fourth-order valence-corrected chi connectivity index (χ4v) is 3.06. The molecule has 6 heteroatoms. The van der Waals surface area contributed by atoms with Gasteiger partial charge in [-0.3, -0.25) is 0 Å². The minimum Gasteiger partial charge on any atom is -0.444 e. The van der Waals surface area contributed by atoms with Gasteiger partial charge >= 0.3 is 6.09 Å².